The minimum absolute atomic E-state index is 0.0119. The number of anilines is 1. The fraction of sp³-hybridized carbons (Fsp3) is 0.333. The molecular formula is C6H9N3O3. The number of nitrogens with two attached hydrogens (primary N) is 1. The third-order valence-electron chi connectivity index (χ3n) is 1.44. The molecule has 0 aliphatic heterocycles. The number of aliphatic hydroxyl groups excluding tert-OH is 1. The molecule has 0 aromatic carbocycles. The normalized spacial score (nSPS) is 10.1. The van der Waals surface area contributed by atoms with E-state index in [0.717, 1.165) is 0 Å². The van der Waals surface area contributed by atoms with Crippen molar-refractivity contribution in [3.63, 3.8) is 0 Å². The van der Waals surface area contributed by atoms with Gasteiger partial charge in [0.1, 0.15) is 5.82 Å². The van der Waals surface area contributed by atoms with Gasteiger partial charge in [0.2, 0.25) is 0 Å². The third kappa shape index (κ3) is 1.54. The Labute approximate surface area is 67.1 Å². The van der Waals surface area contributed by atoms with Gasteiger partial charge >= 0.3 is 5.69 Å². The Kier molecular flexibility index (Phi) is 2.29. The first-order valence-electron chi connectivity index (χ1n) is 3.37. The van der Waals surface area contributed by atoms with Crippen LogP contribution in [0.2, 0.25) is 0 Å². The van der Waals surface area contributed by atoms with Gasteiger partial charge in [0, 0.05) is 13.0 Å². The Morgan fingerprint density at radius 1 is 1.33 bits per heavy atom. The molecule has 0 radical (unpaired) electrons. The molecule has 0 fully saturated rings. The van der Waals surface area contributed by atoms with Crippen LogP contribution in [0, 0.1) is 0 Å². The van der Waals surface area contributed by atoms with Crippen LogP contribution in [0.15, 0.2) is 9.59 Å². The van der Waals surface area contributed by atoms with Gasteiger partial charge in [-0.2, -0.15) is 0 Å². The van der Waals surface area contributed by atoms with Gasteiger partial charge in [0.05, 0.1) is 5.56 Å². The van der Waals surface area contributed by atoms with Crippen molar-refractivity contribution in [2.24, 2.45) is 0 Å². The number of aliphatic hydroxyl groups is 1. The summed E-state index contributed by atoms with van der Waals surface area (Å²) in [6, 6.07) is 0. The second-order valence-electron chi connectivity index (χ2n) is 2.27. The number of aromatic amines is 2. The van der Waals surface area contributed by atoms with Gasteiger partial charge in [-0.25, -0.2) is 4.79 Å². The molecule has 0 unspecified atom stereocenters. The van der Waals surface area contributed by atoms with Gasteiger partial charge in [-0.3, -0.25) is 14.8 Å². The zero-order valence-corrected chi connectivity index (χ0v) is 6.26. The minimum Gasteiger partial charge on any atom is -0.396 e. The first-order valence-corrected chi connectivity index (χ1v) is 3.37. The number of rotatable bonds is 2. The Morgan fingerprint density at radius 3 is 2.50 bits per heavy atom. The number of hydrogen-bond acceptors (Lipinski definition) is 4. The molecule has 0 amide bonds. The molecule has 0 saturated heterocycles. The minimum atomic E-state index is -0.640. The van der Waals surface area contributed by atoms with Crippen LogP contribution in [0.4, 0.5) is 5.82 Å². The zero-order chi connectivity index (χ0) is 9.14. The van der Waals surface area contributed by atoms with E-state index in [4.69, 9.17) is 10.8 Å². The van der Waals surface area contributed by atoms with Crippen LogP contribution in [-0.4, -0.2) is 21.7 Å². The van der Waals surface area contributed by atoms with Gasteiger partial charge in [0.25, 0.3) is 5.56 Å². The maximum absolute atomic E-state index is 11.0. The van der Waals surface area contributed by atoms with Gasteiger partial charge < -0.3 is 10.8 Å². The molecule has 0 spiro atoms. The topological polar surface area (TPSA) is 112 Å². The fourth-order valence-corrected chi connectivity index (χ4v) is 0.890. The van der Waals surface area contributed by atoms with Crippen LogP contribution in [-0.2, 0) is 6.42 Å². The number of hydrogen-bond donors (Lipinski definition) is 4. The Balaban J connectivity index is 3.29. The summed E-state index contributed by atoms with van der Waals surface area (Å²) in [6.45, 7) is -0.181. The van der Waals surface area contributed by atoms with E-state index in [1.54, 1.807) is 0 Å². The molecule has 0 aliphatic carbocycles. The van der Waals surface area contributed by atoms with Crippen molar-refractivity contribution < 1.29 is 5.11 Å². The average Bonchev–Trinajstić information content (AvgIpc) is 1.96. The van der Waals surface area contributed by atoms with E-state index in [1.807, 2.05) is 4.98 Å². The predicted octanol–water partition coefficient (Wildman–Crippen LogP) is -1.82. The van der Waals surface area contributed by atoms with E-state index < -0.39 is 11.2 Å². The number of aromatic nitrogens is 2. The van der Waals surface area contributed by atoms with Crippen molar-refractivity contribution in [2.75, 3.05) is 12.3 Å². The largest absolute Gasteiger partial charge is 0.396 e. The van der Waals surface area contributed by atoms with Crippen LogP contribution in [0.1, 0.15) is 5.56 Å². The Morgan fingerprint density at radius 2 is 2.00 bits per heavy atom. The number of H-pyrrole nitrogens is 2. The summed E-state index contributed by atoms with van der Waals surface area (Å²) in [7, 11) is 0. The zero-order valence-electron chi connectivity index (χ0n) is 6.26. The molecule has 6 nitrogen and oxygen atoms in total. The molecule has 0 saturated carbocycles. The monoisotopic (exact) mass is 171 g/mol. The van der Waals surface area contributed by atoms with E-state index in [-0.39, 0.29) is 24.4 Å². The van der Waals surface area contributed by atoms with Crippen molar-refractivity contribution in [1.82, 2.24) is 9.97 Å². The van der Waals surface area contributed by atoms with Crippen LogP contribution in [0.3, 0.4) is 0 Å². The maximum atomic E-state index is 11.0. The van der Waals surface area contributed by atoms with Gasteiger partial charge in [0.15, 0.2) is 0 Å². The van der Waals surface area contributed by atoms with Gasteiger partial charge in [-0.1, -0.05) is 0 Å². The summed E-state index contributed by atoms with van der Waals surface area (Å²) >= 11 is 0. The molecule has 0 aliphatic rings. The van der Waals surface area contributed by atoms with E-state index in [1.165, 1.54) is 0 Å². The SMILES string of the molecule is Nc1[nH]c(=O)[nH]c(=O)c1CCO. The molecular weight excluding hydrogens is 162 g/mol. The Hall–Kier alpha value is -1.56. The summed E-state index contributed by atoms with van der Waals surface area (Å²) in [5.74, 6) is 0.0119. The van der Waals surface area contributed by atoms with Gasteiger partial charge in [-0.05, 0) is 0 Å². The molecule has 5 N–H and O–H groups in total. The van der Waals surface area contributed by atoms with Crippen LogP contribution >= 0.6 is 0 Å². The highest BCUT2D eigenvalue weighted by Crippen LogP contribution is 1.97. The third-order valence-corrected chi connectivity index (χ3v) is 1.44. The highest BCUT2D eigenvalue weighted by atomic mass is 16.3. The molecule has 1 rings (SSSR count). The summed E-state index contributed by atoms with van der Waals surface area (Å²) in [4.78, 5) is 25.8. The molecule has 1 aromatic rings. The van der Waals surface area contributed by atoms with E-state index in [2.05, 4.69) is 4.98 Å². The van der Waals surface area contributed by atoms with E-state index >= 15 is 0 Å². The van der Waals surface area contributed by atoms with Crippen LogP contribution in [0.5, 0.6) is 0 Å². The number of nitrogens with one attached hydrogen (secondary N) is 2. The van der Waals surface area contributed by atoms with E-state index in [9.17, 15) is 9.59 Å². The summed E-state index contributed by atoms with van der Waals surface area (Å²) in [6.07, 6.45) is 0.137. The number of nitrogen functional groups attached to an aromatic ring is 1. The molecule has 0 bridgehead atoms. The molecule has 66 valence electrons. The first-order chi connectivity index (χ1) is 5.65. The fourth-order valence-electron chi connectivity index (χ4n) is 0.890. The highest BCUT2D eigenvalue weighted by Gasteiger charge is 2.04. The summed E-state index contributed by atoms with van der Waals surface area (Å²) in [5, 5.41) is 8.54. The smallest absolute Gasteiger partial charge is 0.327 e. The molecule has 6 heteroatoms. The lowest BCUT2D eigenvalue weighted by Crippen LogP contribution is -2.27. The van der Waals surface area contributed by atoms with Crippen molar-refractivity contribution in [3.05, 3.63) is 26.4 Å². The lowest BCUT2D eigenvalue weighted by Gasteiger charge is -1.99. The molecule has 0 atom stereocenters. The second kappa shape index (κ2) is 3.22. The van der Waals surface area contributed by atoms with Gasteiger partial charge in [-0.15, -0.1) is 0 Å². The van der Waals surface area contributed by atoms with E-state index in [0.29, 0.717) is 0 Å². The first kappa shape index (κ1) is 8.54. The summed E-state index contributed by atoms with van der Waals surface area (Å²) in [5.41, 5.74) is 4.34. The molecule has 1 heterocycles. The molecule has 12 heavy (non-hydrogen) atoms. The average molecular weight is 171 g/mol. The summed E-state index contributed by atoms with van der Waals surface area (Å²) < 4.78 is 0. The van der Waals surface area contributed by atoms with Crippen LogP contribution < -0.4 is 17.0 Å². The predicted molar refractivity (Wildman–Crippen MR) is 42.9 cm³/mol. The van der Waals surface area contributed by atoms with Crippen molar-refractivity contribution in [2.45, 2.75) is 6.42 Å². The van der Waals surface area contributed by atoms with Crippen molar-refractivity contribution in [3.8, 4) is 0 Å². The Bertz CT molecular complexity index is 378. The van der Waals surface area contributed by atoms with Crippen LogP contribution in [0.25, 0.3) is 0 Å². The lowest BCUT2D eigenvalue weighted by atomic mass is 10.2. The highest BCUT2D eigenvalue weighted by molar-refractivity contribution is 5.36. The lowest BCUT2D eigenvalue weighted by molar-refractivity contribution is 0.299. The molecule has 1 aromatic heterocycles. The quantitative estimate of drug-likeness (QED) is 0.419. The second-order valence-corrected chi connectivity index (χ2v) is 2.27. The maximum Gasteiger partial charge on any atom is 0.327 e. The van der Waals surface area contributed by atoms with Crippen molar-refractivity contribution in [1.29, 1.82) is 0 Å². The standard InChI is InChI=1S/C6H9N3O3/c7-4-3(1-2-10)5(11)9-6(12)8-4/h10H,1-2H2,(H4,7,8,9,11,12). The van der Waals surface area contributed by atoms with Crippen molar-refractivity contribution >= 4 is 5.82 Å².